The van der Waals surface area contributed by atoms with Gasteiger partial charge in [0.25, 0.3) is 10.0 Å². The fourth-order valence-electron chi connectivity index (χ4n) is 1.45. The molecule has 1 unspecified atom stereocenters. The number of nitrogens with zero attached hydrogens (tertiary/aromatic N) is 1. The van der Waals surface area contributed by atoms with Crippen LogP contribution in [-0.4, -0.2) is 24.5 Å². The Morgan fingerprint density at radius 3 is 2.79 bits per heavy atom. The van der Waals surface area contributed by atoms with E-state index in [1.165, 1.54) is 16.8 Å². The highest BCUT2D eigenvalue weighted by Gasteiger charge is 2.27. The minimum atomic E-state index is -3.89. The molecular weight excluding hydrogens is 308 g/mol. The fraction of sp³-hybridized carbons (Fsp3) is 0.200. The number of rotatable bonds is 5. The van der Waals surface area contributed by atoms with Crippen molar-refractivity contribution < 1.29 is 18.3 Å². The summed E-state index contributed by atoms with van der Waals surface area (Å²) in [4.78, 5) is 15.3. The Morgan fingerprint density at radius 1 is 1.47 bits per heavy atom. The average molecular weight is 318 g/mol. The van der Waals surface area contributed by atoms with Crippen LogP contribution in [0.2, 0.25) is 0 Å². The van der Waals surface area contributed by atoms with Crippen molar-refractivity contribution in [1.29, 1.82) is 0 Å². The van der Waals surface area contributed by atoms with E-state index in [4.69, 9.17) is 5.11 Å². The summed E-state index contributed by atoms with van der Waals surface area (Å²) in [7, 11) is -3.89. The lowest BCUT2D eigenvalue weighted by Crippen LogP contribution is -2.27. The number of aromatic carboxylic acids is 1. The number of hydrogen-bond donors (Lipinski definition) is 2. The molecule has 2 rings (SSSR count). The molecule has 0 aromatic carbocycles. The van der Waals surface area contributed by atoms with Crippen molar-refractivity contribution in [3.8, 4) is 0 Å². The molecule has 0 bridgehead atoms. The number of carbonyl (C=O) groups is 1. The van der Waals surface area contributed by atoms with E-state index in [0.29, 0.717) is 0 Å². The molecule has 19 heavy (non-hydrogen) atoms. The van der Waals surface area contributed by atoms with Crippen LogP contribution >= 0.6 is 22.7 Å². The minimum absolute atomic E-state index is 0.275. The quantitative estimate of drug-likeness (QED) is 0.878. The van der Waals surface area contributed by atoms with Crippen LogP contribution in [0.1, 0.15) is 28.3 Å². The van der Waals surface area contributed by atoms with Crippen molar-refractivity contribution in [2.45, 2.75) is 17.2 Å². The summed E-state index contributed by atoms with van der Waals surface area (Å²) in [6.07, 6.45) is 0. The van der Waals surface area contributed by atoms with Crippen molar-refractivity contribution in [2.24, 2.45) is 0 Å². The molecule has 0 fully saturated rings. The second-order valence-corrected chi connectivity index (χ2v) is 7.40. The van der Waals surface area contributed by atoms with Crippen LogP contribution in [0.5, 0.6) is 0 Å². The molecule has 0 aliphatic carbocycles. The molecule has 6 nitrogen and oxygen atoms in total. The zero-order valence-corrected chi connectivity index (χ0v) is 12.2. The number of thiazole rings is 1. The molecule has 0 aliphatic rings. The van der Waals surface area contributed by atoms with E-state index in [9.17, 15) is 13.2 Å². The van der Waals surface area contributed by atoms with Crippen LogP contribution in [0, 0.1) is 0 Å². The Balaban J connectivity index is 2.28. The van der Waals surface area contributed by atoms with E-state index in [0.717, 1.165) is 16.2 Å². The van der Waals surface area contributed by atoms with Crippen LogP contribution in [0.3, 0.4) is 0 Å². The fourth-order valence-corrected chi connectivity index (χ4v) is 4.64. The third-order valence-electron chi connectivity index (χ3n) is 2.28. The standard InChI is InChI=1S/C10H10N2O4S3/c1-6(7-3-2-4-17-7)12-19(15,16)10-8(9(13)14)11-5-18-10/h2-6,12H,1H3,(H,13,14). The second-order valence-electron chi connectivity index (χ2n) is 3.65. The Kier molecular flexibility index (Phi) is 3.99. The van der Waals surface area contributed by atoms with Gasteiger partial charge in [0, 0.05) is 4.88 Å². The van der Waals surface area contributed by atoms with Gasteiger partial charge in [0.1, 0.15) is 0 Å². The lowest BCUT2D eigenvalue weighted by Gasteiger charge is -2.11. The number of sulfonamides is 1. The molecule has 102 valence electrons. The molecule has 0 saturated carbocycles. The van der Waals surface area contributed by atoms with Gasteiger partial charge in [0.2, 0.25) is 0 Å². The molecular formula is C10H10N2O4S3. The molecule has 0 saturated heterocycles. The predicted molar refractivity (Wildman–Crippen MR) is 72.1 cm³/mol. The zero-order valence-electron chi connectivity index (χ0n) is 9.73. The molecule has 2 aromatic heterocycles. The maximum Gasteiger partial charge on any atom is 0.356 e. The monoisotopic (exact) mass is 318 g/mol. The maximum absolute atomic E-state index is 12.1. The Hall–Kier alpha value is -1.29. The van der Waals surface area contributed by atoms with Crippen LogP contribution in [0.15, 0.2) is 27.2 Å². The summed E-state index contributed by atoms with van der Waals surface area (Å²) >= 11 is 2.21. The normalized spacial score (nSPS) is 13.3. The summed E-state index contributed by atoms with van der Waals surface area (Å²) in [5.74, 6) is -1.36. The Morgan fingerprint density at radius 2 is 2.21 bits per heavy atom. The SMILES string of the molecule is CC(NS(=O)(=O)c1scnc1C(=O)O)c1cccs1. The highest BCUT2D eigenvalue weighted by atomic mass is 32.2. The van der Waals surface area contributed by atoms with Gasteiger partial charge in [-0.3, -0.25) is 0 Å². The number of thiophene rings is 1. The van der Waals surface area contributed by atoms with Gasteiger partial charge in [-0.1, -0.05) is 6.07 Å². The Bertz CT molecular complexity index is 675. The lowest BCUT2D eigenvalue weighted by atomic mass is 10.3. The van der Waals surface area contributed by atoms with Crippen LogP contribution in [0.4, 0.5) is 0 Å². The zero-order chi connectivity index (χ0) is 14.0. The number of hydrogen-bond acceptors (Lipinski definition) is 6. The van der Waals surface area contributed by atoms with Gasteiger partial charge >= 0.3 is 5.97 Å². The first-order valence-electron chi connectivity index (χ1n) is 5.14. The topological polar surface area (TPSA) is 96.4 Å². The van der Waals surface area contributed by atoms with Crippen molar-refractivity contribution >= 4 is 38.7 Å². The summed E-state index contributed by atoms with van der Waals surface area (Å²) < 4.78 is 26.4. The molecule has 2 heterocycles. The molecule has 2 N–H and O–H groups in total. The first-order valence-corrected chi connectivity index (χ1v) is 8.38. The van der Waals surface area contributed by atoms with Gasteiger partial charge in [0.05, 0.1) is 11.6 Å². The molecule has 9 heteroatoms. The van der Waals surface area contributed by atoms with Gasteiger partial charge in [-0.15, -0.1) is 22.7 Å². The highest BCUT2D eigenvalue weighted by molar-refractivity contribution is 7.91. The molecule has 0 aliphatic heterocycles. The Labute approximate surface area is 117 Å². The van der Waals surface area contributed by atoms with Crippen LogP contribution < -0.4 is 4.72 Å². The number of carboxylic acids is 1. The average Bonchev–Trinajstić information content (AvgIpc) is 3.00. The van der Waals surface area contributed by atoms with E-state index in [1.54, 1.807) is 6.92 Å². The molecule has 1 atom stereocenters. The number of nitrogens with one attached hydrogen (secondary N) is 1. The third-order valence-corrected chi connectivity index (χ3v) is 6.25. The van der Waals surface area contributed by atoms with Crippen LogP contribution in [0.25, 0.3) is 0 Å². The molecule has 2 aromatic rings. The van der Waals surface area contributed by atoms with Gasteiger partial charge < -0.3 is 5.11 Å². The van der Waals surface area contributed by atoms with Crippen LogP contribution in [-0.2, 0) is 10.0 Å². The van der Waals surface area contributed by atoms with E-state index in [2.05, 4.69) is 9.71 Å². The van der Waals surface area contributed by atoms with E-state index in [-0.39, 0.29) is 4.21 Å². The third kappa shape index (κ3) is 3.00. The largest absolute Gasteiger partial charge is 0.476 e. The van der Waals surface area contributed by atoms with Gasteiger partial charge in [-0.25, -0.2) is 22.9 Å². The van der Waals surface area contributed by atoms with E-state index < -0.39 is 27.7 Å². The minimum Gasteiger partial charge on any atom is -0.476 e. The summed E-state index contributed by atoms with van der Waals surface area (Å²) in [6.45, 7) is 1.70. The van der Waals surface area contributed by atoms with Gasteiger partial charge in [-0.05, 0) is 18.4 Å². The van der Waals surface area contributed by atoms with E-state index in [1.807, 2.05) is 17.5 Å². The van der Waals surface area contributed by atoms with Gasteiger partial charge in [-0.2, -0.15) is 0 Å². The predicted octanol–water partition coefficient (Wildman–Crippen LogP) is 1.94. The first kappa shape index (κ1) is 14.1. The summed E-state index contributed by atoms with van der Waals surface area (Å²) in [5, 5.41) is 10.7. The van der Waals surface area contributed by atoms with Crippen molar-refractivity contribution in [1.82, 2.24) is 9.71 Å². The van der Waals surface area contributed by atoms with E-state index >= 15 is 0 Å². The highest BCUT2D eigenvalue weighted by Crippen LogP contribution is 2.24. The molecule has 0 radical (unpaired) electrons. The molecule has 0 spiro atoms. The summed E-state index contributed by atoms with van der Waals surface area (Å²) in [5.41, 5.74) is 0.754. The van der Waals surface area contributed by atoms with Gasteiger partial charge in [0.15, 0.2) is 9.90 Å². The molecule has 0 amide bonds. The lowest BCUT2D eigenvalue weighted by molar-refractivity contribution is 0.0687. The maximum atomic E-state index is 12.1. The first-order chi connectivity index (χ1) is 8.92. The van der Waals surface area contributed by atoms with Crippen molar-refractivity contribution in [3.05, 3.63) is 33.6 Å². The number of aromatic nitrogens is 1. The van der Waals surface area contributed by atoms with Crippen molar-refractivity contribution in [2.75, 3.05) is 0 Å². The van der Waals surface area contributed by atoms with Crippen molar-refractivity contribution in [3.63, 3.8) is 0 Å². The second kappa shape index (κ2) is 5.37. The smallest absolute Gasteiger partial charge is 0.356 e. The number of carboxylic acid groups (broad SMARTS) is 1. The summed E-state index contributed by atoms with van der Waals surface area (Å²) in [6, 6.07) is 3.21.